The molecule has 2 aromatic heterocycles. The normalized spacial score (nSPS) is 12.2. The largest absolute Gasteiger partial charge is 0.469 e. The van der Waals surface area contributed by atoms with Crippen molar-refractivity contribution in [3.8, 4) is 11.5 Å². The molecule has 0 saturated carbocycles. The molecular formula is C18H24N2O4S. The van der Waals surface area contributed by atoms with Crippen molar-refractivity contribution in [3.05, 3.63) is 28.3 Å². The molecule has 25 heavy (non-hydrogen) atoms. The Labute approximate surface area is 151 Å². The lowest BCUT2D eigenvalue weighted by atomic mass is 9.97. The number of aromatic nitrogens is 1. The zero-order valence-electron chi connectivity index (χ0n) is 15.0. The van der Waals surface area contributed by atoms with E-state index in [4.69, 9.17) is 9.15 Å². The van der Waals surface area contributed by atoms with Crippen LogP contribution in [0.4, 0.5) is 0 Å². The van der Waals surface area contributed by atoms with Crippen LogP contribution in [0.25, 0.3) is 11.5 Å². The van der Waals surface area contributed by atoms with Crippen LogP contribution in [0.15, 0.2) is 21.2 Å². The van der Waals surface area contributed by atoms with E-state index >= 15 is 0 Å². The summed E-state index contributed by atoms with van der Waals surface area (Å²) in [5.74, 6) is 0.662. The molecule has 1 N–H and O–H groups in total. The highest BCUT2D eigenvalue weighted by Gasteiger charge is 2.22. The summed E-state index contributed by atoms with van der Waals surface area (Å²) in [7, 11) is 1.36. The Kier molecular flexibility index (Phi) is 6.75. The Bertz CT molecular complexity index is 707. The highest BCUT2D eigenvalue weighted by Crippen LogP contribution is 2.24. The van der Waals surface area contributed by atoms with Crippen molar-refractivity contribution in [1.82, 2.24) is 10.3 Å². The van der Waals surface area contributed by atoms with E-state index in [1.165, 1.54) is 7.11 Å². The number of carbonyl (C=O) groups excluding carboxylic acids is 2. The van der Waals surface area contributed by atoms with Crippen molar-refractivity contribution >= 4 is 23.2 Å². The fraction of sp³-hybridized carbons (Fsp3) is 0.500. The molecule has 2 aromatic rings. The monoisotopic (exact) mass is 364 g/mol. The third-order valence-corrected chi connectivity index (χ3v) is 4.51. The number of hydrogen-bond acceptors (Lipinski definition) is 6. The fourth-order valence-corrected chi connectivity index (χ4v) is 3.18. The van der Waals surface area contributed by atoms with Crippen molar-refractivity contribution in [3.63, 3.8) is 0 Å². The van der Waals surface area contributed by atoms with E-state index in [2.05, 4.69) is 10.3 Å². The van der Waals surface area contributed by atoms with Crippen LogP contribution in [-0.4, -0.2) is 30.5 Å². The molecule has 0 aromatic carbocycles. The summed E-state index contributed by atoms with van der Waals surface area (Å²) in [6, 6.07) is 1.92. The second-order valence-electron chi connectivity index (χ2n) is 6.36. The smallest absolute Gasteiger partial charge is 0.310 e. The Balaban J connectivity index is 1.94. The first-order valence-electron chi connectivity index (χ1n) is 8.24. The zero-order chi connectivity index (χ0) is 18.4. The van der Waals surface area contributed by atoms with Gasteiger partial charge in [-0.2, -0.15) is 11.3 Å². The Hall–Kier alpha value is -2.15. The Morgan fingerprint density at radius 3 is 2.76 bits per heavy atom. The van der Waals surface area contributed by atoms with Crippen molar-refractivity contribution in [1.29, 1.82) is 0 Å². The van der Waals surface area contributed by atoms with Crippen molar-refractivity contribution in [2.45, 2.75) is 33.6 Å². The zero-order valence-corrected chi connectivity index (χ0v) is 15.8. The van der Waals surface area contributed by atoms with Crippen molar-refractivity contribution < 1.29 is 18.7 Å². The van der Waals surface area contributed by atoms with Crippen molar-refractivity contribution in [2.75, 3.05) is 13.7 Å². The lowest BCUT2D eigenvalue weighted by molar-refractivity contribution is -0.145. The average Bonchev–Trinajstić information content (AvgIpc) is 3.20. The molecule has 0 spiro atoms. The van der Waals surface area contributed by atoms with Gasteiger partial charge in [0.2, 0.25) is 11.8 Å². The quantitative estimate of drug-likeness (QED) is 0.728. The van der Waals surface area contributed by atoms with Gasteiger partial charge in [0.1, 0.15) is 5.76 Å². The second kappa shape index (κ2) is 8.80. The maximum absolute atomic E-state index is 12.2. The summed E-state index contributed by atoms with van der Waals surface area (Å²) in [6.45, 7) is 6.12. The van der Waals surface area contributed by atoms with Crippen LogP contribution in [0.5, 0.6) is 0 Å². The standard InChI is InChI=1S/C18H24N2O4S/c1-11(2)7-14(18(22)23-4)9-19-16(21)8-15-12(3)24-17(20-15)13-5-6-25-10-13/h5-6,10-11,14H,7-9H2,1-4H3,(H,19,21)/t14-/m1/s1. The third-order valence-electron chi connectivity index (χ3n) is 3.82. The number of oxazole rings is 1. The molecule has 0 bridgehead atoms. The van der Waals surface area contributed by atoms with Gasteiger partial charge in [0, 0.05) is 17.5 Å². The predicted octanol–water partition coefficient (Wildman–Crippen LogP) is 3.21. The summed E-state index contributed by atoms with van der Waals surface area (Å²) in [5, 5.41) is 6.70. The van der Waals surface area contributed by atoms with E-state index < -0.39 is 0 Å². The summed E-state index contributed by atoms with van der Waals surface area (Å²) in [4.78, 5) is 28.4. The van der Waals surface area contributed by atoms with Gasteiger partial charge < -0.3 is 14.5 Å². The Morgan fingerprint density at radius 1 is 1.40 bits per heavy atom. The summed E-state index contributed by atoms with van der Waals surface area (Å²) in [5.41, 5.74) is 1.51. The molecule has 0 unspecified atom stereocenters. The van der Waals surface area contributed by atoms with E-state index in [9.17, 15) is 9.59 Å². The Morgan fingerprint density at radius 2 is 2.16 bits per heavy atom. The summed E-state index contributed by atoms with van der Waals surface area (Å²) >= 11 is 1.56. The van der Waals surface area contributed by atoms with Gasteiger partial charge >= 0.3 is 5.97 Å². The molecule has 0 saturated heterocycles. The number of aryl methyl sites for hydroxylation is 1. The topological polar surface area (TPSA) is 81.4 Å². The first-order valence-corrected chi connectivity index (χ1v) is 9.18. The maximum Gasteiger partial charge on any atom is 0.310 e. The number of thiophene rings is 1. The van der Waals surface area contributed by atoms with Crippen LogP contribution in [-0.2, 0) is 20.7 Å². The number of carbonyl (C=O) groups is 2. The van der Waals surface area contributed by atoms with Gasteiger partial charge in [-0.3, -0.25) is 9.59 Å². The number of rotatable bonds is 8. The van der Waals surface area contributed by atoms with Gasteiger partial charge in [0.25, 0.3) is 0 Å². The predicted molar refractivity (Wildman–Crippen MR) is 96.2 cm³/mol. The fourth-order valence-electron chi connectivity index (χ4n) is 2.55. The summed E-state index contributed by atoms with van der Waals surface area (Å²) < 4.78 is 10.4. The number of nitrogens with zero attached hydrogens (tertiary/aromatic N) is 1. The molecule has 0 radical (unpaired) electrons. The SMILES string of the molecule is COC(=O)[C@@H](CNC(=O)Cc1nc(-c2ccsc2)oc1C)CC(C)C. The molecule has 1 amide bonds. The molecule has 0 aliphatic rings. The van der Waals surface area contributed by atoms with Crippen LogP contribution in [0.1, 0.15) is 31.7 Å². The number of methoxy groups -OCH3 is 1. The summed E-state index contributed by atoms with van der Waals surface area (Å²) in [6.07, 6.45) is 0.785. The lowest BCUT2D eigenvalue weighted by Crippen LogP contribution is -2.35. The molecule has 136 valence electrons. The van der Waals surface area contributed by atoms with Gasteiger partial charge in [-0.05, 0) is 30.7 Å². The van der Waals surface area contributed by atoms with Gasteiger partial charge in [0.15, 0.2) is 0 Å². The number of hydrogen-bond donors (Lipinski definition) is 1. The second-order valence-corrected chi connectivity index (χ2v) is 7.14. The van der Waals surface area contributed by atoms with Crippen LogP contribution >= 0.6 is 11.3 Å². The van der Waals surface area contributed by atoms with E-state index in [0.29, 0.717) is 29.7 Å². The molecule has 7 heteroatoms. The van der Waals surface area contributed by atoms with Crippen LogP contribution in [0, 0.1) is 18.8 Å². The van der Waals surface area contributed by atoms with E-state index in [1.807, 2.05) is 30.7 Å². The molecule has 2 rings (SSSR count). The highest BCUT2D eigenvalue weighted by molar-refractivity contribution is 7.08. The van der Waals surface area contributed by atoms with Crippen LogP contribution in [0.3, 0.4) is 0 Å². The van der Waals surface area contributed by atoms with E-state index in [0.717, 1.165) is 5.56 Å². The maximum atomic E-state index is 12.2. The molecule has 0 aliphatic carbocycles. The number of nitrogens with one attached hydrogen (secondary N) is 1. The molecule has 2 heterocycles. The molecule has 1 atom stereocenters. The average molecular weight is 364 g/mol. The van der Waals surface area contributed by atoms with Crippen molar-refractivity contribution in [2.24, 2.45) is 11.8 Å². The third kappa shape index (κ3) is 5.42. The first-order chi connectivity index (χ1) is 11.9. The minimum absolute atomic E-state index is 0.120. The highest BCUT2D eigenvalue weighted by atomic mass is 32.1. The molecule has 6 nitrogen and oxygen atoms in total. The van der Waals surface area contributed by atoms with Gasteiger partial charge in [0.05, 0.1) is 25.1 Å². The van der Waals surface area contributed by atoms with Gasteiger partial charge in [-0.1, -0.05) is 13.8 Å². The van der Waals surface area contributed by atoms with E-state index in [-0.39, 0.29) is 30.8 Å². The number of amides is 1. The lowest BCUT2D eigenvalue weighted by Gasteiger charge is -2.17. The van der Waals surface area contributed by atoms with Crippen LogP contribution < -0.4 is 5.32 Å². The molecule has 0 fully saturated rings. The van der Waals surface area contributed by atoms with E-state index in [1.54, 1.807) is 18.3 Å². The molecule has 0 aliphatic heterocycles. The number of esters is 1. The van der Waals surface area contributed by atoms with Gasteiger partial charge in [-0.15, -0.1) is 0 Å². The van der Waals surface area contributed by atoms with Gasteiger partial charge in [-0.25, -0.2) is 4.98 Å². The minimum Gasteiger partial charge on any atom is -0.469 e. The first kappa shape index (κ1) is 19.2. The molecular weight excluding hydrogens is 340 g/mol. The minimum atomic E-state index is -0.339. The van der Waals surface area contributed by atoms with Crippen LogP contribution in [0.2, 0.25) is 0 Å². The number of ether oxygens (including phenoxy) is 1.